The van der Waals surface area contributed by atoms with Crippen LogP contribution in [0.3, 0.4) is 0 Å². The highest BCUT2D eigenvalue weighted by atomic mass is 16.5. The second kappa shape index (κ2) is 10.2. The van der Waals surface area contributed by atoms with Gasteiger partial charge in [-0.05, 0) is 29.7 Å². The summed E-state index contributed by atoms with van der Waals surface area (Å²) in [6.45, 7) is 0. The molecule has 1 aliphatic heterocycles. The Bertz CT molecular complexity index is 2610. The molecule has 0 spiro atoms. The Morgan fingerprint density at radius 2 is 1.11 bits per heavy atom. The lowest BCUT2D eigenvalue weighted by molar-refractivity contribution is 0.271. The quantitative estimate of drug-likeness (QED) is 0.189. The Labute approximate surface area is 271 Å². The number of allylic oxidation sites excluding steroid dienone is 2. The molecule has 10 rings (SSSR count). The van der Waals surface area contributed by atoms with Crippen LogP contribution in [0.2, 0.25) is 0 Å². The van der Waals surface area contributed by atoms with Gasteiger partial charge in [0.15, 0.2) is 0 Å². The van der Waals surface area contributed by atoms with E-state index < -0.39 is 0 Å². The highest BCUT2D eigenvalue weighted by Crippen LogP contribution is 2.47. The number of fused-ring (bicyclic) bond motifs is 10. The van der Waals surface area contributed by atoms with Crippen molar-refractivity contribution in [1.82, 2.24) is 15.0 Å². The summed E-state index contributed by atoms with van der Waals surface area (Å²) >= 11 is 0. The normalized spacial score (nSPS) is 16.5. The summed E-state index contributed by atoms with van der Waals surface area (Å²) in [5, 5.41) is 5.51. The minimum atomic E-state index is 0.0370. The van der Waals surface area contributed by atoms with Crippen molar-refractivity contribution in [3.8, 4) is 39.5 Å². The van der Waals surface area contributed by atoms with Gasteiger partial charge in [0.2, 0.25) is 0 Å². The molecule has 2 atom stereocenters. The van der Waals surface area contributed by atoms with Crippen LogP contribution in [0.15, 0.2) is 152 Å². The van der Waals surface area contributed by atoms with Crippen LogP contribution in [0.1, 0.15) is 11.5 Å². The Morgan fingerprint density at radius 3 is 1.85 bits per heavy atom. The molecule has 0 saturated carbocycles. The molecular formula is C43H27N3O. The molecule has 4 nitrogen and oxygen atoms in total. The fourth-order valence-corrected chi connectivity index (χ4v) is 7.25. The van der Waals surface area contributed by atoms with Crippen LogP contribution in [0.25, 0.3) is 77.3 Å². The molecule has 220 valence electrons. The number of pyridine rings is 3. The first-order chi connectivity index (χ1) is 23.3. The number of hydrogen-bond donors (Lipinski definition) is 0. The van der Waals surface area contributed by atoms with Gasteiger partial charge in [-0.15, -0.1) is 0 Å². The van der Waals surface area contributed by atoms with Gasteiger partial charge in [0.1, 0.15) is 11.9 Å². The van der Waals surface area contributed by atoms with Crippen molar-refractivity contribution in [3.05, 3.63) is 157 Å². The Kier molecular flexibility index (Phi) is 5.67. The van der Waals surface area contributed by atoms with Gasteiger partial charge < -0.3 is 4.74 Å². The van der Waals surface area contributed by atoms with Gasteiger partial charge in [-0.25, -0.2) is 15.0 Å². The predicted octanol–water partition coefficient (Wildman–Crippen LogP) is 10.5. The molecule has 0 amide bonds. The fourth-order valence-electron chi connectivity index (χ4n) is 7.25. The number of aromatic nitrogens is 3. The summed E-state index contributed by atoms with van der Waals surface area (Å²) in [4.78, 5) is 15.5. The second-order valence-corrected chi connectivity index (χ2v) is 12.3. The molecule has 47 heavy (non-hydrogen) atoms. The van der Waals surface area contributed by atoms with Gasteiger partial charge >= 0.3 is 0 Å². The maximum atomic E-state index is 6.54. The summed E-state index contributed by atoms with van der Waals surface area (Å²) < 4.78 is 6.54. The van der Waals surface area contributed by atoms with Crippen LogP contribution in [0.5, 0.6) is 5.75 Å². The third-order valence-electron chi connectivity index (χ3n) is 9.59. The number of hydrogen-bond acceptors (Lipinski definition) is 4. The zero-order valence-electron chi connectivity index (χ0n) is 25.3. The lowest BCUT2D eigenvalue weighted by Crippen LogP contribution is -2.15. The molecule has 0 bridgehead atoms. The van der Waals surface area contributed by atoms with Crippen molar-refractivity contribution in [2.45, 2.75) is 12.0 Å². The van der Waals surface area contributed by atoms with Crippen molar-refractivity contribution < 1.29 is 4.74 Å². The van der Waals surface area contributed by atoms with Gasteiger partial charge in [0.05, 0.1) is 39.0 Å². The van der Waals surface area contributed by atoms with Gasteiger partial charge in [0, 0.05) is 44.3 Å². The van der Waals surface area contributed by atoms with E-state index in [1.165, 1.54) is 5.56 Å². The van der Waals surface area contributed by atoms with Crippen molar-refractivity contribution in [3.63, 3.8) is 0 Å². The summed E-state index contributed by atoms with van der Waals surface area (Å²) in [5.74, 6) is 1.20. The van der Waals surface area contributed by atoms with E-state index in [9.17, 15) is 0 Å². The molecule has 0 saturated heterocycles. The molecule has 0 N–H and O–H groups in total. The summed E-state index contributed by atoms with van der Waals surface area (Å²) in [5.41, 5.74) is 10.0. The third-order valence-corrected chi connectivity index (χ3v) is 9.59. The van der Waals surface area contributed by atoms with Crippen LogP contribution >= 0.6 is 0 Å². The van der Waals surface area contributed by atoms with E-state index in [1.54, 1.807) is 0 Å². The summed E-state index contributed by atoms with van der Waals surface area (Å²) in [7, 11) is 0. The third kappa shape index (κ3) is 4.12. The van der Waals surface area contributed by atoms with E-state index >= 15 is 0 Å². The van der Waals surface area contributed by atoms with E-state index in [0.717, 1.165) is 83.0 Å². The maximum absolute atomic E-state index is 6.54. The van der Waals surface area contributed by atoms with Gasteiger partial charge in [0.25, 0.3) is 0 Å². The Morgan fingerprint density at radius 1 is 0.489 bits per heavy atom. The lowest BCUT2D eigenvalue weighted by atomic mass is 9.90. The van der Waals surface area contributed by atoms with Gasteiger partial charge in [-0.3, -0.25) is 0 Å². The van der Waals surface area contributed by atoms with Gasteiger partial charge in [-0.1, -0.05) is 127 Å². The zero-order chi connectivity index (χ0) is 30.9. The summed E-state index contributed by atoms with van der Waals surface area (Å²) in [6.07, 6.45) is 8.60. The molecule has 5 aromatic carbocycles. The molecule has 2 aliphatic rings. The molecule has 4 heterocycles. The largest absolute Gasteiger partial charge is 0.484 e. The molecule has 3 aromatic heterocycles. The monoisotopic (exact) mass is 601 g/mol. The predicted molar refractivity (Wildman–Crippen MR) is 192 cm³/mol. The first kappa shape index (κ1) is 26.1. The molecule has 0 radical (unpaired) electrons. The first-order valence-electron chi connectivity index (χ1n) is 16.0. The fraction of sp³-hybridized carbons (Fsp3) is 0.0465. The molecule has 4 heteroatoms. The second-order valence-electron chi connectivity index (χ2n) is 12.3. The average Bonchev–Trinajstić information content (AvgIpc) is 3.53. The lowest BCUT2D eigenvalue weighted by Gasteiger charge is -2.14. The van der Waals surface area contributed by atoms with Crippen molar-refractivity contribution in [2.24, 2.45) is 0 Å². The number of ether oxygens (including phenoxy) is 1. The van der Waals surface area contributed by atoms with E-state index in [-0.39, 0.29) is 12.0 Å². The smallest absolute Gasteiger partial charge is 0.134 e. The minimum Gasteiger partial charge on any atom is -0.484 e. The van der Waals surface area contributed by atoms with Crippen molar-refractivity contribution >= 4 is 43.5 Å². The van der Waals surface area contributed by atoms with Crippen LogP contribution in [0.4, 0.5) is 0 Å². The van der Waals surface area contributed by atoms with E-state index in [2.05, 4.69) is 133 Å². The van der Waals surface area contributed by atoms with Gasteiger partial charge in [-0.2, -0.15) is 0 Å². The Balaban J connectivity index is 1.07. The highest BCUT2D eigenvalue weighted by molar-refractivity contribution is 6.14. The standard InChI is InChI=1S/C43H27N3O/c1-2-8-26(9-3-1)35-23-20-29-18-19-30-21-24-36(45-42(30)41(29)44-35)27-14-16-28(17-15-27)40-33-12-5-4-11-32(33)39-37(46-40)25-22-34-31-10-6-7-13-38(31)47-43(34)39/h1-25,31,38H. The van der Waals surface area contributed by atoms with Crippen molar-refractivity contribution in [1.29, 1.82) is 0 Å². The zero-order valence-corrected chi connectivity index (χ0v) is 25.3. The molecular weight excluding hydrogens is 574 g/mol. The average molecular weight is 602 g/mol. The molecule has 2 unspecified atom stereocenters. The maximum Gasteiger partial charge on any atom is 0.134 e. The Hall–Kier alpha value is -6.13. The van der Waals surface area contributed by atoms with Crippen molar-refractivity contribution in [2.75, 3.05) is 0 Å². The SMILES string of the molecule is C1=CC2Oc3c(ccc4nc(-c5ccc(-c6ccc7ccc8ccc(-c9ccccc9)nc8c7n6)cc5)c5ccccc5c34)C2C=C1. The molecule has 8 aromatic rings. The van der Waals surface area contributed by atoms with E-state index in [1.807, 2.05) is 18.2 Å². The first-order valence-corrected chi connectivity index (χ1v) is 16.0. The van der Waals surface area contributed by atoms with Crippen LogP contribution in [0, 0.1) is 0 Å². The van der Waals surface area contributed by atoms with Crippen LogP contribution in [-0.4, -0.2) is 21.1 Å². The molecule has 0 fully saturated rings. The number of benzene rings is 5. The molecule has 1 aliphatic carbocycles. The van der Waals surface area contributed by atoms with Crippen LogP contribution in [-0.2, 0) is 0 Å². The highest BCUT2D eigenvalue weighted by Gasteiger charge is 2.34. The van der Waals surface area contributed by atoms with Crippen LogP contribution < -0.4 is 4.74 Å². The topological polar surface area (TPSA) is 47.9 Å². The minimum absolute atomic E-state index is 0.0370. The van der Waals surface area contributed by atoms with E-state index in [4.69, 9.17) is 19.7 Å². The number of nitrogens with zero attached hydrogens (tertiary/aromatic N) is 3. The summed E-state index contributed by atoms with van der Waals surface area (Å²) in [6, 6.07) is 44.5. The number of rotatable bonds is 3. The van der Waals surface area contributed by atoms with E-state index in [0.29, 0.717) is 0 Å².